The molecule has 0 aromatic carbocycles. The zero-order valence-electron chi connectivity index (χ0n) is 13.6. The minimum Gasteiger partial charge on any atom is -0.465 e. The van der Waals surface area contributed by atoms with E-state index in [2.05, 4.69) is 19.2 Å². The first kappa shape index (κ1) is 19.4. The normalized spacial score (nSPS) is 12.9. The van der Waals surface area contributed by atoms with Gasteiger partial charge in [-0.1, -0.05) is 27.7 Å². The fourth-order valence-corrected chi connectivity index (χ4v) is 1.65. The van der Waals surface area contributed by atoms with Gasteiger partial charge in [0.25, 0.3) is 0 Å². The first-order chi connectivity index (χ1) is 9.47. The third-order valence-corrected chi connectivity index (χ3v) is 2.48. The van der Waals surface area contributed by atoms with Crippen LogP contribution in [0.5, 0.6) is 0 Å². The van der Waals surface area contributed by atoms with Crippen molar-refractivity contribution in [2.45, 2.75) is 53.1 Å². The molecule has 1 atom stereocenters. The minimum atomic E-state index is -0.300. The summed E-state index contributed by atoms with van der Waals surface area (Å²) >= 11 is 0. The lowest BCUT2D eigenvalue weighted by atomic mass is 10.2. The van der Waals surface area contributed by atoms with E-state index in [0.717, 1.165) is 6.61 Å². The highest BCUT2D eigenvalue weighted by atomic mass is 16.5. The lowest BCUT2D eigenvalue weighted by molar-refractivity contribution is -0.146. The summed E-state index contributed by atoms with van der Waals surface area (Å²) in [5.41, 5.74) is 0. The summed E-state index contributed by atoms with van der Waals surface area (Å²) in [6, 6.07) is -0.0645. The lowest BCUT2D eigenvalue weighted by Crippen LogP contribution is -2.42. The summed E-state index contributed by atoms with van der Waals surface area (Å²) in [7, 11) is 0. The molecule has 5 nitrogen and oxygen atoms in total. The van der Waals surface area contributed by atoms with E-state index in [4.69, 9.17) is 14.2 Å². The summed E-state index contributed by atoms with van der Waals surface area (Å²) in [4.78, 5) is 11.8. The Hall–Kier alpha value is -0.650. The second-order valence-corrected chi connectivity index (χ2v) is 5.50. The molecule has 0 saturated carbocycles. The van der Waals surface area contributed by atoms with Crippen LogP contribution >= 0.6 is 0 Å². The maximum absolute atomic E-state index is 11.8. The van der Waals surface area contributed by atoms with Crippen molar-refractivity contribution in [2.75, 3.05) is 33.0 Å². The van der Waals surface area contributed by atoms with Crippen LogP contribution in [0.2, 0.25) is 0 Å². The van der Waals surface area contributed by atoms with Crippen molar-refractivity contribution in [2.24, 2.45) is 5.92 Å². The van der Waals surface area contributed by atoms with Gasteiger partial charge >= 0.3 is 5.97 Å². The molecule has 0 bridgehead atoms. The maximum atomic E-state index is 11.8. The molecular formula is C15H31NO4. The van der Waals surface area contributed by atoms with Crippen LogP contribution in [-0.2, 0) is 19.0 Å². The van der Waals surface area contributed by atoms with E-state index in [9.17, 15) is 4.79 Å². The Morgan fingerprint density at radius 2 is 1.70 bits per heavy atom. The smallest absolute Gasteiger partial charge is 0.323 e. The zero-order valence-corrected chi connectivity index (χ0v) is 13.6. The number of carbonyl (C=O) groups excluding carboxylic acids is 1. The molecule has 0 spiro atoms. The molecule has 0 heterocycles. The van der Waals surface area contributed by atoms with Crippen LogP contribution in [0.25, 0.3) is 0 Å². The Morgan fingerprint density at radius 1 is 1.05 bits per heavy atom. The first-order valence-electron chi connectivity index (χ1n) is 7.55. The Labute approximate surface area is 123 Å². The third kappa shape index (κ3) is 11.2. The van der Waals surface area contributed by atoms with Crippen molar-refractivity contribution in [3.05, 3.63) is 0 Å². The van der Waals surface area contributed by atoms with Crippen LogP contribution < -0.4 is 5.32 Å². The van der Waals surface area contributed by atoms with Gasteiger partial charge in [0.2, 0.25) is 0 Å². The molecule has 0 rings (SSSR count). The van der Waals surface area contributed by atoms with E-state index >= 15 is 0 Å². The number of nitrogens with one attached hydrogen (secondary N) is 1. The number of esters is 1. The van der Waals surface area contributed by atoms with Crippen LogP contribution in [0.1, 0.15) is 41.0 Å². The number of rotatable bonds is 12. The molecule has 20 heavy (non-hydrogen) atoms. The lowest BCUT2D eigenvalue weighted by Gasteiger charge is -2.19. The SMILES string of the molecule is CCOC(=O)C(CCOCCOCC(C)C)NC(C)C. The summed E-state index contributed by atoms with van der Waals surface area (Å²) in [5.74, 6) is 0.333. The van der Waals surface area contributed by atoms with Crippen molar-refractivity contribution in [1.29, 1.82) is 0 Å². The number of hydrogen-bond donors (Lipinski definition) is 1. The van der Waals surface area contributed by atoms with Crippen molar-refractivity contribution >= 4 is 5.97 Å². The molecule has 1 N–H and O–H groups in total. The zero-order chi connectivity index (χ0) is 15.4. The van der Waals surface area contributed by atoms with Gasteiger partial charge in [0.1, 0.15) is 6.04 Å². The summed E-state index contributed by atoms with van der Waals surface area (Å²) < 4.78 is 15.9. The standard InChI is InChI=1S/C15H31NO4/c1-6-20-15(17)14(16-13(4)5)7-8-18-9-10-19-11-12(2)3/h12-14,16H,6-11H2,1-5H3. The summed E-state index contributed by atoms with van der Waals surface area (Å²) in [6.45, 7) is 12.9. The van der Waals surface area contributed by atoms with Gasteiger partial charge in [-0.25, -0.2) is 0 Å². The molecular weight excluding hydrogens is 258 g/mol. The van der Waals surface area contributed by atoms with Gasteiger partial charge in [-0.15, -0.1) is 0 Å². The monoisotopic (exact) mass is 289 g/mol. The average Bonchev–Trinajstić information content (AvgIpc) is 2.35. The number of ether oxygens (including phenoxy) is 3. The number of carbonyl (C=O) groups is 1. The van der Waals surface area contributed by atoms with Gasteiger partial charge in [-0.3, -0.25) is 4.79 Å². The van der Waals surface area contributed by atoms with E-state index in [1.807, 2.05) is 20.8 Å². The van der Waals surface area contributed by atoms with E-state index in [1.54, 1.807) is 0 Å². The molecule has 0 aliphatic rings. The van der Waals surface area contributed by atoms with Crippen molar-refractivity contribution < 1.29 is 19.0 Å². The van der Waals surface area contributed by atoms with E-state index in [1.165, 1.54) is 0 Å². The Kier molecular flexibility index (Phi) is 11.7. The predicted octanol–water partition coefficient (Wildman–Crippen LogP) is 2.00. The molecule has 0 aliphatic carbocycles. The van der Waals surface area contributed by atoms with Gasteiger partial charge in [-0.05, 0) is 19.3 Å². The topological polar surface area (TPSA) is 56.8 Å². The summed E-state index contributed by atoms with van der Waals surface area (Å²) in [5, 5.41) is 3.20. The molecule has 0 saturated heterocycles. The fourth-order valence-electron chi connectivity index (χ4n) is 1.65. The second-order valence-electron chi connectivity index (χ2n) is 5.50. The molecule has 120 valence electrons. The van der Waals surface area contributed by atoms with E-state index in [0.29, 0.717) is 38.8 Å². The maximum Gasteiger partial charge on any atom is 0.323 e. The third-order valence-electron chi connectivity index (χ3n) is 2.48. The number of hydrogen-bond acceptors (Lipinski definition) is 5. The molecule has 0 radical (unpaired) electrons. The van der Waals surface area contributed by atoms with Crippen molar-refractivity contribution in [1.82, 2.24) is 5.32 Å². The van der Waals surface area contributed by atoms with Crippen LogP contribution in [0, 0.1) is 5.92 Å². The van der Waals surface area contributed by atoms with E-state index < -0.39 is 0 Å². The molecule has 0 aromatic heterocycles. The van der Waals surface area contributed by atoms with E-state index in [-0.39, 0.29) is 18.1 Å². The molecule has 0 fully saturated rings. The Bertz CT molecular complexity index is 244. The van der Waals surface area contributed by atoms with Crippen LogP contribution in [0.4, 0.5) is 0 Å². The Morgan fingerprint density at radius 3 is 2.25 bits per heavy atom. The highest BCUT2D eigenvalue weighted by Crippen LogP contribution is 1.99. The van der Waals surface area contributed by atoms with Gasteiger partial charge < -0.3 is 19.5 Å². The van der Waals surface area contributed by atoms with Crippen molar-refractivity contribution in [3.63, 3.8) is 0 Å². The average molecular weight is 289 g/mol. The molecule has 0 amide bonds. The highest BCUT2D eigenvalue weighted by molar-refractivity contribution is 5.75. The first-order valence-corrected chi connectivity index (χ1v) is 7.55. The van der Waals surface area contributed by atoms with Gasteiger partial charge in [0.05, 0.1) is 19.8 Å². The van der Waals surface area contributed by atoms with Crippen LogP contribution in [0.15, 0.2) is 0 Å². The molecule has 5 heteroatoms. The fraction of sp³-hybridized carbons (Fsp3) is 0.933. The largest absolute Gasteiger partial charge is 0.465 e. The second kappa shape index (κ2) is 12.1. The summed E-state index contributed by atoms with van der Waals surface area (Å²) in [6.07, 6.45) is 0.612. The quantitative estimate of drug-likeness (QED) is 0.440. The van der Waals surface area contributed by atoms with Crippen LogP contribution in [-0.4, -0.2) is 51.1 Å². The van der Waals surface area contributed by atoms with Gasteiger partial charge in [0.15, 0.2) is 0 Å². The molecule has 0 aliphatic heterocycles. The molecule has 0 aromatic rings. The van der Waals surface area contributed by atoms with Crippen LogP contribution in [0.3, 0.4) is 0 Å². The van der Waals surface area contributed by atoms with Gasteiger partial charge in [-0.2, -0.15) is 0 Å². The Balaban J connectivity index is 3.76. The van der Waals surface area contributed by atoms with Crippen molar-refractivity contribution in [3.8, 4) is 0 Å². The van der Waals surface area contributed by atoms with Gasteiger partial charge in [0, 0.05) is 19.3 Å². The predicted molar refractivity (Wildman–Crippen MR) is 79.8 cm³/mol. The minimum absolute atomic E-state index is 0.208. The molecule has 1 unspecified atom stereocenters. The highest BCUT2D eigenvalue weighted by Gasteiger charge is 2.19.